The van der Waals surface area contributed by atoms with Gasteiger partial charge in [0.1, 0.15) is 11.5 Å². The van der Waals surface area contributed by atoms with Gasteiger partial charge in [0, 0.05) is 36.3 Å². The predicted molar refractivity (Wildman–Crippen MR) is 122 cm³/mol. The van der Waals surface area contributed by atoms with Crippen molar-refractivity contribution in [2.45, 2.75) is 19.0 Å². The number of aromatic amines is 1. The summed E-state index contributed by atoms with van der Waals surface area (Å²) in [6.45, 7) is 2.54. The second kappa shape index (κ2) is 7.60. The van der Waals surface area contributed by atoms with Gasteiger partial charge in [-0.1, -0.05) is 6.07 Å². The first-order valence-electron chi connectivity index (χ1n) is 10.3. The van der Waals surface area contributed by atoms with Crippen molar-refractivity contribution in [3.05, 3.63) is 60.7 Å². The van der Waals surface area contributed by atoms with Crippen LogP contribution in [0.15, 0.2) is 55.0 Å². The number of nitrogens with one attached hydrogen (secondary N) is 2. The summed E-state index contributed by atoms with van der Waals surface area (Å²) >= 11 is 0. The predicted octanol–water partition coefficient (Wildman–Crippen LogP) is 3.79. The van der Waals surface area contributed by atoms with Gasteiger partial charge in [0.2, 0.25) is 0 Å². The van der Waals surface area contributed by atoms with E-state index >= 15 is 0 Å². The highest BCUT2D eigenvalue weighted by molar-refractivity contribution is 6.11. The van der Waals surface area contributed by atoms with Crippen LogP contribution in [0.25, 0.3) is 22.0 Å². The van der Waals surface area contributed by atoms with Crippen LogP contribution in [0.4, 0.5) is 21.6 Å². The summed E-state index contributed by atoms with van der Waals surface area (Å²) in [7, 11) is 0. The highest BCUT2D eigenvalue weighted by Gasteiger charge is 2.34. The first kappa shape index (κ1) is 19.9. The molecule has 4 heterocycles. The molecule has 3 aromatic heterocycles. The quantitative estimate of drug-likeness (QED) is 0.453. The van der Waals surface area contributed by atoms with Gasteiger partial charge in [-0.3, -0.25) is 14.9 Å². The van der Waals surface area contributed by atoms with Crippen molar-refractivity contribution in [2.75, 3.05) is 29.0 Å². The molecule has 4 N–H and O–H groups in total. The fourth-order valence-electron chi connectivity index (χ4n) is 3.94. The zero-order valence-corrected chi connectivity index (χ0v) is 17.5. The number of alkyl halides is 1. The number of aromatic nitrogens is 4. The number of anilines is 3. The Bertz CT molecular complexity index is 1300. The van der Waals surface area contributed by atoms with Crippen molar-refractivity contribution >= 4 is 34.0 Å². The number of nitrogen functional groups attached to an aromatic ring is 1. The number of amides is 1. The summed E-state index contributed by atoms with van der Waals surface area (Å²) in [6, 6.07) is 11.0. The van der Waals surface area contributed by atoms with Crippen LogP contribution >= 0.6 is 0 Å². The molecule has 1 atom stereocenters. The van der Waals surface area contributed by atoms with Crippen molar-refractivity contribution in [2.24, 2.45) is 0 Å². The second-order valence-electron chi connectivity index (χ2n) is 8.28. The Morgan fingerprint density at radius 3 is 2.78 bits per heavy atom. The van der Waals surface area contributed by atoms with E-state index in [-0.39, 0.29) is 11.6 Å². The molecule has 0 bridgehead atoms. The molecule has 9 heteroatoms. The van der Waals surface area contributed by atoms with E-state index in [0.717, 1.165) is 16.6 Å². The molecular weight excluding hydrogens is 409 g/mol. The molecular formula is C23H22FN7O. The van der Waals surface area contributed by atoms with Crippen molar-refractivity contribution in [3.63, 3.8) is 0 Å². The third-order valence-corrected chi connectivity index (χ3v) is 5.62. The summed E-state index contributed by atoms with van der Waals surface area (Å²) in [5, 5.41) is 10.6. The third-order valence-electron chi connectivity index (χ3n) is 5.62. The lowest BCUT2D eigenvalue weighted by atomic mass is 10.0. The molecule has 1 fully saturated rings. The number of nitrogens with zero attached hydrogens (tertiary/aromatic N) is 4. The van der Waals surface area contributed by atoms with Gasteiger partial charge < -0.3 is 16.0 Å². The Balaban J connectivity index is 1.36. The molecule has 4 aromatic rings. The summed E-state index contributed by atoms with van der Waals surface area (Å²) in [5.74, 6) is 0.334. The zero-order chi connectivity index (χ0) is 22.3. The van der Waals surface area contributed by atoms with Crippen LogP contribution < -0.4 is 16.0 Å². The first-order valence-corrected chi connectivity index (χ1v) is 10.3. The summed E-state index contributed by atoms with van der Waals surface area (Å²) in [4.78, 5) is 23.3. The first-order chi connectivity index (χ1) is 15.4. The van der Waals surface area contributed by atoms with E-state index in [1.807, 2.05) is 29.2 Å². The monoisotopic (exact) mass is 431 g/mol. The second-order valence-corrected chi connectivity index (χ2v) is 8.28. The van der Waals surface area contributed by atoms with Gasteiger partial charge in [-0.25, -0.2) is 9.37 Å². The largest absolute Gasteiger partial charge is 0.397 e. The van der Waals surface area contributed by atoms with E-state index in [1.54, 1.807) is 37.6 Å². The van der Waals surface area contributed by atoms with Crippen LogP contribution in [0, 0.1) is 0 Å². The van der Waals surface area contributed by atoms with E-state index in [2.05, 4.69) is 25.5 Å². The number of halogens is 1. The topological polar surface area (TPSA) is 113 Å². The average molecular weight is 431 g/mol. The number of rotatable bonds is 4. The van der Waals surface area contributed by atoms with Crippen LogP contribution in [0.3, 0.4) is 0 Å². The molecule has 0 saturated carbocycles. The molecule has 5 rings (SSSR count). The molecule has 0 aliphatic carbocycles. The van der Waals surface area contributed by atoms with Gasteiger partial charge in [-0.2, -0.15) is 5.10 Å². The number of H-pyrrole nitrogens is 1. The third kappa shape index (κ3) is 3.84. The molecule has 1 amide bonds. The molecule has 1 aliphatic rings. The van der Waals surface area contributed by atoms with Crippen LogP contribution in [0.1, 0.15) is 23.8 Å². The normalized spacial score (nSPS) is 18.2. The number of hydrogen-bond donors (Lipinski definition) is 3. The molecule has 0 spiro atoms. The lowest BCUT2D eigenvalue weighted by molar-refractivity contribution is 0.102. The smallest absolute Gasteiger partial charge is 0.276 e. The lowest BCUT2D eigenvalue weighted by Gasteiger charge is -2.18. The molecule has 0 radical (unpaired) electrons. The minimum absolute atomic E-state index is 0.274. The maximum Gasteiger partial charge on any atom is 0.276 e. The molecule has 1 aliphatic heterocycles. The summed E-state index contributed by atoms with van der Waals surface area (Å²) in [6.07, 6.45) is 5.35. The van der Waals surface area contributed by atoms with Gasteiger partial charge >= 0.3 is 0 Å². The van der Waals surface area contributed by atoms with E-state index in [1.165, 1.54) is 0 Å². The average Bonchev–Trinajstić information content (AvgIpc) is 3.36. The number of pyridine rings is 2. The van der Waals surface area contributed by atoms with Gasteiger partial charge in [0.05, 0.1) is 29.6 Å². The number of hydrogen-bond acceptors (Lipinski definition) is 6. The Kier molecular flexibility index (Phi) is 4.73. The van der Waals surface area contributed by atoms with Crippen LogP contribution in [0.2, 0.25) is 0 Å². The van der Waals surface area contributed by atoms with Crippen molar-refractivity contribution < 1.29 is 9.18 Å². The maximum absolute atomic E-state index is 14.1. The number of benzene rings is 1. The molecule has 32 heavy (non-hydrogen) atoms. The standard InChI is InChI=1S/C23H22FN7O/c1-23(24)6-7-31(13-23)20-5-3-17(12-27-20)28-22(32)21-18-9-14(2-4-19(18)29-30-21)15-8-16(25)11-26-10-15/h2-5,8-12H,6-7,13,25H2,1H3,(H,28,32)(H,29,30). The molecule has 1 unspecified atom stereocenters. The van der Waals surface area contributed by atoms with Gasteiger partial charge in [0.15, 0.2) is 5.69 Å². The highest BCUT2D eigenvalue weighted by Crippen LogP contribution is 2.29. The van der Waals surface area contributed by atoms with E-state index in [4.69, 9.17) is 5.73 Å². The molecule has 1 aromatic carbocycles. The van der Waals surface area contributed by atoms with Crippen molar-refractivity contribution in [3.8, 4) is 11.1 Å². The zero-order valence-electron chi connectivity index (χ0n) is 17.5. The summed E-state index contributed by atoms with van der Waals surface area (Å²) in [5.41, 5.74) is 8.49. The minimum atomic E-state index is -1.20. The molecule has 8 nitrogen and oxygen atoms in total. The van der Waals surface area contributed by atoms with E-state index in [9.17, 15) is 9.18 Å². The van der Waals surface area contributed by atoms with E-state index in [0.29, 0.717) is 42.1 Å². The van der Waals surface area contributed by atoms with Crippen LogP contribution in [-0.4, -0.2) is 44.8 Å². The number of nitrogens with two attached hydrogens (primary N) is 1. The van der Waals surface area contributed by atoms with Crippen LogP contribution in [-0.2, 0) is 0 Å². The van der Waals surface area contributed by atoms with Crippen molar-refractivity contribution in [1.29, 1.82) is 0 Å². The number of carbonyl (C=O) groups is 1. The maximum atomic E-state index is 14.1. The number of fused-ring (bicyclic) bond motifs is 1. The van der Waals surface area contributed by atoms with Gasteiger partial charge in [-0.05, 0) is 42.8 Å². The summed E-state index contributed by atoms with van der Waals surface area (Å²) < 4.78 is 14.1. The van der Waals surface area contributed by atoms with Gasteiger partial charge in [0.25, 0.3) is 5.91 Å². The fraction of sp³-hybridized carbons (Fsp3) is 0.217. The Morgan fingerprint density at radius 1 is 1.19 bits per heavy atom. The SMILES string of the molecule is CC1(F)CCN(c2ccc(NC(=O)c3n[nH]c4ccc(-c5cncc(N)c5)cc34)cn2)C1. The fourth-order valence-corrected chi connectivity index (χ4v) is 3.94. The lowest BCUT2D eigenvalue weighted by Crippen LogP contribution is -2.26. The Labute approximate surface area is 183 Å². The highest BCUT2D eigenvalue weighted by atomic mass is 19.1. The van der Waals surface area contributed by atoms with Crippen LogP contribution in [0.5, 0.6) is 0 Å². The molecule has 162 valence electrons. The Hall–Kier alpha value is -4.01. The van der Waals surface area contributed by atoms with E-state index < -0.39 is 5.67 Å². The van der Waals surface area contributed by atoms with Gasteiger partial charge in [-0.15, -0.1) is 0 Å². The number of carbonyl (C=O) groups excluding carboxylic acids is 1. The minimum Gasteiger partial charge on any atom is -0.397 e. The molecule has 1 saturated heterocycles. The van der Waals surface area contributed by atoms with Crippen molar-refractivity contribution in [1.82, 2.24) is 20.2 Å². The Morgan fingerprint density at radius 2 is 2.06 bits per heavy atom.